The molecule has 0 bridgehead atoms. The molecule has 0 spiro atoms. The standard InChI is InChI=1S/C19H28N2O5/c1-12(2)25-11-14-7-9-15(10-8-14)17(23)26-13(3)16(22)20-18(24)21-19(4,5)6/h7-10,12-13H,11H2,1-6H3,(H2,20,21,22,24)/t13-/m1/s1. The topological polar surface area (TPSA) is 93.7 Å². The molecule has 0 radical (unpaired) electrons. The molecule has 0 saturated heterocycles. The highest BCUT2D eigenvalue weighted by atomic mass is 16.5. The number of ether oxygens (including phenoxy) is 2. The highest BCUT2D eigenvalue weighted by Gasteiger charge is 2.22. The Labute approximate surface area is 154 Å². The molecule has 7 heteroatoms. The summed E-state index contributed by atoms with van der Waals surface area (Å²) in [7, 11) is 0. The quantitative estimate of drug-likeness (QED) is 0.757. The van der Waals surface area contributed by atoms with Crippen LogP contribution in [0.25, 0.3) is 0 Å². The lowest BCUT2D eigenvalue weighted by atomic mass is 10.1. The van der Waals surface area contributed by atoms with Crippen molar-refractivity contribution in [3.05, 3.63) is 35.4 Å². The second-order valence-corrected chi connectivity index (χ2v) is 7.30. The molecule has 2 N–H and O–H groups in total. The number of amides is 3. The van der Waals surface area contributed by atoms with Crippen LogP contribution in [0.1, 0.15) is 57.5 Å². The van der Waals surface area contributed by atoms with Crippen molar-refractivity contribution in [3.8, 4) is 0 Å². The molecular weight excluding hydrogens is 336 g/mol. The zero-order valence-electron chi connectivity index (χ0n) is 16.2. The third-order valence-corrected chi connectivity index (χ3v) is 3.15. The van der Waals surface area contributed by atoms with E-state index < -0.39 is 29.6 Å². The molecule has 1 rings (SSSR count). The molecule has 0 aliphatic carbocycles. The Bertz CT molecular complexity index is 632. The maximum atomic E-state index is 12.1. The van der Waals surface area contributed by atoms with Gasteiger partial charge in [-0.2, -0.15) is 0 Å². The van der Waals surface area contributed by atoms with E-state index in [9.17, 15) is 14.4 Å². The number of rotatable bonds is 6. The van der Waals surface area contributed by atoms with Crippen molar-refractivity contribution in [1.82, 2.24) is 10.6 Å². The number of nitrogens with one attached hydrogen (secondary N) is 2. The number of urea groups is 1. The summed E-state index contributed by atoms with van der Waals surface area (Å²) in [6, 6.07) is 6.11. The van der Waals surface area contributed by atoms with E-state index >= 15 is 0 Å². The summed E-state index contributed by atoms with van der Waals surface area (Å²) in [5.41, 5.74) is 0.766. The van der Waals surface area contributed by atoms with Crippen molar-refractivity contribution >= 4 is 17.9 Å². The van der Waals surface area contributed by atoms with Crippen LogP contribution in [0.5, 0.6) is 0 Å². The largest absolute Gasteiger partial charge is 0.449 e. The molecule has 0 aliphatic heterocycles. The van der Waals surface area contributed by atoms with Gasteiger partial charge in [-0.15, -0.1) is 0 Å². The third kappa shape index (κ3) is 8.11. The molecule has 26 heavy (non-hydrogen) atoms. The molecule has 1 aromatic rings. The van der Waals surface area contributed by atoms with Gasteiger partial charge in [0.25, 0.3) is 5.91 Å². The number of hydrogen-bond donors (Lipinski definition) is 2. The predicted molar refractivity (Wildman–Crippen MR) is 97.7 cm³/mol. The van der Waals surface area contributed by atoms with Crippen LogP contribution in [0.4, 0.5) is 4.79 Å². The smallest absolute Gasteiger partial charge is 0.338 e. The highest BCUT2D eigenvalue weighted by Crippen LogP contribution is 2.09. The lowest BCUT2D eigenvalue weighted by Crippen LogP contribution is -2.50. The van der Waals surface area contributed by atoms with Crippen molar-refractivity contribution < 1.29 is 23.9 Å². The minimum absolute atomic E-state index is 0.120. The number of benzene rings is 1. The second-order valence-electron chi connectivity index (χ2n) is 7.30. The van der Waals surface area contributed by atoms with E-state index in [1.165, 1.54) is 6.92 Å². The van der Waals surface area contributed by atoms with Gasteiger partial charge in [-0.3, -0.25) is 10.1 Å². The molecule has 0 fully saturated rings. The summed E-state index contributed by atoms with van der Waals surface area (Å²) in [5, 5.41) is 4.74. The van der Waals surface area contributed by atoms with Crippen LogP contribution in [0.15, 0.2) is 24.3 Å². The van der Waals surface area contributed by atoms with Crippen molar-refractivity contribution in [2.75, 3.05) is 0 Å². The maximum Gasteiger partial charge on any atom is 0.338 e. The summed E-state index contributed by atoms with van der Waals surface area (Å²) in [6.07, 6.45) is -0.980. The SMILES string of the molecule is CC(C)OCc1ccc(C(=O)O[C@H](C)C(=O)NC(=O)NC(C)(C)C)cc1. The van der Waals surface area contributed by atoms with Crippen molar-refractivity contribution in [1.29, 1.82) is 0 Å². The van der Waals surface area contributed by atoms with Gasteiger partial charge in [0.2, 0.25) is 0 Å². The van der Waals surface area contributed by atoms with E-state index in [4.69, 9.17) is 9.47 Å². The first-order valence-electron chi connectivity index (χ1n) is 8.52. The molecule has 3 amide bonds. The third-order valence-electron chi connectivity index (χ3n) is 3.15. The number of imide groups is 1. The zero-order valence-corrected chi connectivity index (χ0v) is 16.2. The lowest BCUT2D eigenvalue weighted by molar-refractivity contribution is -0.127. The van der Waals surface area contributed by atoms with Crippen molar-refractivity contribution in [2.45, 2.75) is 65.9 Å². The first-order chi connectivity index (χ1) is 12.0. The van der Waals surface area contributed by atoms with E-state index in [1.807, 2.05) is 13.8 Å². The van der Waals surface area contributed by atoms with Gasteiger partial charge >= 0.3 is 12.0 Å². The number of hydrogen-bond acceptors (Lipinski definition) is 5. The molecule has 0 unspecified atom stereocenters. The molecule has 0 aromatic heterocycles. The van der Waals surface area contributed by atoms with Crippen LogP contribution in [0.2, 0.25) is 0 Å². The molecule has 0 aliphatic rings. The Kier molecular flexibility index (Phi) is 7.76. The average molecular weight is 364 g/mol. The molecule has 0 heterocycles. The maximum absolute atomic E-state index is 12.1. The van der Waals surface area contributed by atoms with Crippen molar-refractivity contribution in [3.63, 3.8) is 0 Å². The fraction of sp³-hybridized carbons (Fsp3) is 0.526. The van der Waals surface area contributed by atoms with Crippen molar-refractivity contribution in [2.24, 2.45) is 0 Å². The Balaban J connectivity index is 2.55. The molecule has 0 saturated carbocycles. The van der Waals surface area contributed by atoms with Gasteiger partial charge in [0.05, 0.1) is 18.3 Å². The summed E-state index contributed by atoms with van der Waals surface area (Å²) in [5.74, 6) is -1.33. The van der Waals surface area contributed by atoms with Crippen LogP contribution in [-0.4, -0.2) is 35.7 Å². The molecular formula is C19H28N2O5. The van der Waals surface area contributed by atoms with Gasteiger partial charge in [0.15, 0.2) is 6.10 Å². The Morgan fingerprint density at radius 1 is 1.04 bits per heavy atom. The van der Waals surface area contributed by atoms with Gasteiger partial charge in [-0.25, -0.2) is 9.59 Å². The summed E-state index contributed by atoms with van der Waals surface area (Å²) in [4.78, 5) is 35.7. The van der Waals surface area contributed by atoms with Crippen LogP contribution >= 0.6 is 0 Å². The van der Waals surface area contributed by atoms with Gasteiger partial charge < -0.3 is 14.8 Å². The number of carbonyl (C=O) groups excluding carboxylic acids is 3. The Hall–Kier alpha value is -2.41. The summed E-state index contributed by atoms with van der Waals surface area (Å²) < 4.78 is 10.6. The number of carbonyl (C=O) groups is 3. The van der Waals surface area contributed by atoms with E-state index in [-0.39, 0.29) is 6.10 Å². The molecule has 144 valence electrons. The monoisotopic (exact) mass is 364 g/mol. The minimum Gasteiger partial charge on any atom is -0.449 e. The minimum atomic E-state index is -1.10. The zero-order chi connectivity index (χ0) is 19.9. The highest BCUT2D eigenvalue weighted by molar-refractivity contribution is 5.98. The fourth-order valence-corrected chi connectivity index (χ4v) is 1.87. The van der Waals surface area contributed by atoms with Gasteiger partial charge in [0.1, 0.15) is 0 Å². The molecule has 1 atom stereocenters. The van der Waals surface area contributed by atoms with E-state index in [0.29, 0.717) is 12.2 Å². The summed E-state index contributed by atoms with van der Waals surface area (Å²) in [6.45, 7) is 11.1. The van der Waals surface area contributed by atoms with Gasteiger partial charge in [-0.05, 0) is 59.2 Å². The molecule has 7 nitrogen and oxygen atoms in total. The first-order valence-corrected chi connectivity index (χ1v) is 8.52. The second kappa shape index (κ2) is 9.33. The average Bonchev–Trinajstić information content (AvgIpc) is 2.51. The van der Waals surface area contributed by atoms with Crippen LogP contribution in [-0.2, 0) is 20.9 Å². The van der Waals surface area contributed by atoms with E-state index in [2.05, 4.69) is 10.6 Å². The summed E-state index contributed by atoms with van der Waals surface area (Å²) >= 11 is 0. The first kappa shape index (κ1) is 21.6. The fourth-order valence-electron chi connectivity index (χ4n) is 1.87. The van der Waals surface area contributed by atoms with Gasteiger partial charge in [-0.1, -0.05) is 12.1 Å². The van der Waals surface area contributed by atoms with Crippen LogP contribution < -0.4 is 10.6 Å². The Morgan fingerprint density at radius 3 is 2.12 bits per heavy atom. The number of esters is 1. The normalized spacial score (nSPS) is 12.4. The molecule has 1 aromatic carbocycles. The van der Waals surface area contributed by atoms with Gasteiger partial charge in [0, 0.05) is 5.54 Å². The van der Waals surface area contributed by atoms with E-state index in [0.717, 1.165) is 5.56 Å². The van der Waals surface area contributed by atoms with E-state index in [1.54, 1.807) is 45.0 Å². The Morgan fingerprint density at radius 2 is 1.62 bits per heavy atom. The predicted octanol–water partition coefficient (Wildman–Crippen LogP) is 2.78. The lowest BCUT2D eigenvalue weighted by Gasteiger charge is -2.21. The van der Waals surface area contributed by atoms with Crippen LogP contribution in [0.3, 0.4) is 0 Å². The van der Waals surface area contributed by atoms with Crippen LogP contribution in [0, 0.1) is 0 Å².